The molecule has 1 saturated carbocycles. The quantitative estimate of drug-likeness (QED) is 0.893. The van der Waals surface area contributed by atoms with Crippen LogP contribution < -0.4 is 0 Å². The maximum absolute atomic E-state index is 10.9. The number of nitrogens with zero attached hydrogens (tertiary/aromatic N) is 2. The lowest BCUT2D eigenvalue weighted by atomic mass is 10.1. The van der Waals surface area contributed by atoms with Gasteiger partial charge in [0.15, 0.2) is 0 Å². The SMILES string of the molecule is O=C(O)c1cccc(-c2noc(CC3CC3)n2)c1. The van der Waals surface area contributed by atoms with Crippen LogP contribution in [0.15, 0.2) is 28.8 Å². The van der Waals surface area contributed by atoms with Crippen LogP contribution in [0.1, 0.15) is 29.1 Å². The first kappa shape index (κ1) is 11.0. The fraction of sp³-hybridized carbons (Fsp3) is 0.308. The molecule has 1 N–H and O–H groups in total. The van der Waals surface area contributed by atoms with Gasteiger partial charge in [-0.2, -0.15) is 4.98 Å². The number of hydrogen-bond donors (Lipinski definition) is 1. The van der Waals surface area contributed by atoms with Gasteiger partial charge >= 0.3 is 5.97 Å². The van der Waals surface area contributed by atoms with Crippen LogP contribution in [-0.4, -0.2) is 21.2 Å². The molecule has 1 aliphatic carbocycles. The van der Waals surface area contributed by atoms with Crippen molar-refractivity contribution >= 4 is 5.97 Å². The molecule has 0 radical (unpaired) electrons. The number of rotatable bonds is 4. The molecule has 0 saturated heterocycles. The molecule has 92 valence electrons. The van der Waals surface area contributed by atoms with E-state index in [-0.39, 0.29) is 5.56 Å². The van der Waals surface area contributed by atoms with E-state index >= 15 is 0 Å². The Balaban J connectivity index is 1.86. The summed E-state index contributed by atoms with van der Waals surface area (Å²) in [5.41, 5.74) is 0.890. The van der Waals surface area contributed by atoms with E-state index in [1.165, 1.54) is 18.9 Å². The van der Waals surface area contributed by atoms with Gasteiger partial charge in [-0.25, -0.2) is 4.79 Å². The fourth-order valence-electron chi connectivity index (χ4n) is 1.82. The summed E-state index contributed by atoms with van der Waals surface area (Å²) < 4.78 is 5.16. The molecule has 0 spiro atoms. The summed E-state index contributed by atoms with van der Waals surface area (Å²) >= 11 is 0. The number of hydrogen-bond acceptors (Lipinski definition) is 4. The molecule has 1 aromatic carbocycles. The predicted molar refractivity (Wildman–Crippen MR) is 63.1 cm³/mol. The fourth-order valence-corrected chi connectivity index (χ4v) is 1.82. The topological polar surface area (TPSA) is 76.2 Å². The van der Waals surface area contributed by atoms with Crippen molar-refractivity contribution < 1.29 is 14.4 Å². The first-order chi connectivity index (χ1) is 8.72. The highest BCUT2D eigenvalue weighted by atomic mass is 16.5. The summed E-state index contributed by atoms with van der Waals surface area (Å²) in [4.78, 5) is 15.2. The largest absolute Gasteiger partial charge is 0.478 e. The molecule has 0 unspecified atom stereocenters. The van der Waals surface area contributed by atoms with Crippen molar-refractivity contribution in [1.82, 2.24) is 10.1 Å². The normalized spacial score (nSPS) is 14.7. The van der Waals surface area contributed by atoms with Gasteiger partial charge in [-0.1, -0.05) is 17.3 Å². The Hall–Kier alpha value is -2.17. The minimum Gasteiger partial charge on any atom is -0.478 e. The molecule has 5 nitrogen and oxygen atoms in total. The molecule has 2 aromatic rings. The minimum atomic E-state index is -0.960. The summed E-state index contributed by atoms with van der Waals surface area (Å²) in [6.07, 6.45) is 3.28. The second-order valence-corrected chi connectivity index (χ2v) is 4.55. The van der Waals surface area contributed by atoms with Crippen molar-refractivity contribution in [3.63, 3.8) is 0 Å². The van der Waals surface area contributed by atoms with Crippen molar-refractivity contribution in [3.8, 4) is 11.4 Å². The zero-order valence-electron chi connectivity index (χ0n) is 9.67. The standard InChI is InChI=1S/C13H12N2O3/c16-13(17)10-3-1-2-9(7-10)12-14-11(18-15-12)6-8-4-5-8/h1-3,7-8H,4-6H2,(H,16,17). The first-order valence-corrected chi connectivity index (χ1v) is 5.88. The van der Waals surface area contributed by atoms with Gasteiger partial charge in [0, 0.05) is 12.0 Å². The third kappa shape index (κ3) is 2.25. The zero-order valence-corrected chi connectivity index (χ0v) is 9.67. The number of carboxylic acid groups (broad SMARTS) is 1. The van der Waals surface area contributed by atoms with Crippen molar-refractivity contribution in [2.75, 3.05) is 0 Å². The van der Waals surface area contributed by atoms with E-state index in [0.717, 1.165) is 6.42 Å². The molecule has 0 amide bonds. The van der Waals surface area contributed by atoms with Crippen LogP contribution in [0.5, 0.6) is 0 Å². The van der Waals surface area contributed by atoms with E-state index < -0.39 is 5.97 Å². The first-order valence-electron chi connectivity index (χ1n) is 5.88. The number of carboxylic acids is 1. The van der Waals surface area contributed by atoms with Crippen LogP contribution in [0.4, 0.5) is 0 Å². The number of aromatic nitrogens is 2. The maximum Gasteiger partial charge on any atom is 0.335 e. The molecule has 0 atom stereocenters. The summed E-state index contributed by atoms with van der Waals surface area (Å²) in [7, 11) is 0. The van der Waals surface area contributed by atoms with Gasteiger partial charge < -0.3 is 9.63 Å². The second kappa shape index (κ2) is 4.25. The smallest absolute Gasteiger partial charge is 0.335 e. The van der Waals surface area contributed by atoms with Gasteiger partial charge in [0.2, 0.25) is 11.7 Å². The summed E-state index contributed by atoms with van der Waals surface area (Å²) in [5.74, 6) is 0.809. The number of benzene rings is 1. The monoisotopic (exact) mass is 244 g/mol. The molecule has 1 fully saturated rings. The molecule has 1 heterocycles. The van der Waals surface area contributed by atoms with Crippen LogP contribution in [0, 0.1) is 5.92 Å². The lowest BCUT2D eigenvalue weighted by Gasteiger charge is -1.96. The highest BCUT2D eigenvalue weighted by Crippen LogP contribution is 2.32. The highest BCUT2D eigenvalue weighted by molar-refractivity contribution is 5.89. The van der Waals surface area contributed by atoms with Crippen LogP contribution in [0.2, 0.25) is 0 Å². The Morgan fingerprint density at radius 1 is 1.44 bits per heavy atom. The number of aromatic carboxylic acids is 1. The van der Waals surface area contributed by atoms with E-state index in [2.05, 4.69) is 10.1 Å². The Morgan fingerprint density at radius 2 is 2.28 bits per heavy atom. The molecule has 0 bridgehead atoms. The Morgan fingerprint density at radius 3 is 3.00 bits per heavy atom. The average Bonchev–Trinajstić information content (AvgIpc) is 3.05. The van der Waals surface area contributed by atoms with Gasteiger partial charge in [-0.3, -0.25) is 0 Å². The van der Waals surface area contributed by atoms with Crippen LogP contribution in [-0.2, 0) is 6.42 Å². The molecule has 0 aliphatic heterocycles. The Kier molecular flexibility index (Phi) is 2.59. The molecule has 18 heavy (non-hydrogen) atoms. The molecule has 3 rings (SSSR count). The third-order valence-corrected chi connectivity index (χ3v) is 3.00. The van der Waals surface area contributed by atoms with Crippen molar-refractivity contribution in [1.29, 1.82) is 0 Å². The summed E-state index contributed by atoms with van der Waals surface area (Å²) in [6.45, 7) is 0. The van der Waals surface area contributed by atoms with Crippen molar-refractivity contribution in [2.24, 2.45) is 5.92 Å². The Labute approximate surface area is 103 Å². The summed E-state index contributed by atoms with van der Waals surface area (Å²) in [5, 5.41) is 12.8. The minimum absolute atomic E-state index is 0.223. The maximum atomic E-state index is 10.9. The lowest BCUT2D eigenvalue weighted by molar-refractivity contribution is 0.0697. The predicted octanol–water partition coefficient (Wildman–Crippen LogP) is 2.39. The van der Waals surface area contributed by atoms with E-state index in [1.54, 1.807) is 18.2 Å². The van der Waals surface area contributed by atoms with E-state index in [9.17, 15) is 4.79 Å². The third-order valence-electron chi connectivity index (χ3n) is 3.00. The van der Waals surface area contributed by atoms with Gasteiger partial charge in [-0.15, -0.1) is 0 Å². The van der Waals surface area contributed by atoms with Gasteiger partial charge in [0.05, 0.1) is 5.56 Å². The van der Waals surface area contributed by atoms with Crippen molar-refractivity contribution in [3.05, 3.63) is 35.7 Å². The van der Waals surface area contributed by atoms with E-state index in [4.69, 9.17) is 9.63 Å². The molecule has 1 aromatic heterocycles. The highest BCUT2D eigenvalue weighted by Gasteiger charge is 2.24. The van der Waals surface area contributed by atoms with Gasteiger partial charge in [0.25, 0.3) is 0 Å². The lowest BCUT2D eigenvalue weighted by Crippen LogP contribution is -1.96. The van der Waals surface area contributed by atoms with Crippen molar-refractivity contribution in [2.45, 2.75) is 19.3 Å². The molecule has 5 heteroatoms. The summed E-state index contributed by atoms with van der Waals surface area (Å²) in [6, 6.07) is 6.54. The average molecular weight is 244 g/mol. The van der Waals surface area contributed by atoms with Gasteiger partial charge in [0.1, 0.15) is 0 Å². The molecular weight excluding hydrogens is 232 g/mol. The van der Waals surface area contributed by atoms with E-state index in [0.29, 0.717) is 23.2 Å². The van der Waals surface area contributed by atoms with Crippen LogP contribution in [0.25, 0.3) is 11.4 Å². The Bertz CT molecular complexity index is 587. The van der Waals surface area contributed by atoms with E-state index in [1.807, 2.05) is 0 Å². The van der Waals surface area contributed by atoms with Crippen LogP contribution >= 0.6 is 0 Å². The molecule has 1 aliphatic rings. The second-order valence-electron chi connectivity index (χ2n) is 4.55. The zero-order chi connectivity index (χ0) is 12.5. The number of carbonyl (C=O) groups is 1. The van der Waals surface area contributed by atoms with Gasteiger partial charge in [-0.05, 0) is 30.9 Å². The van der Waals surface area contributed by atoms with Crippen LogP contribution in [0.3, 0.4) is 0 Å². The molecular formula is C13H12N2O3.